The summed E-state index contributed by atoms with van der Waals surface area (Å²) in [5, 5.41) is 13.9. The average Bonchev–Trinajstić information content (AvgIpc) is 2.35. The third-order valence-corrected chi connectivity index (χ3v) is 3.12. The van der Waals surface area contributed by atoms with Gasteiger partial charge in [-0.05, 0) is 36.8 Å². The number of nitro groups is 1. The summed E-state index contributed by atoms with van der Waals surface area (Å²) in [5.41, 5.74) is 1.56. The van der Waals surface area contributed by atoms with Gasteiger partial charge in [-0.15, -0.1) is 0 Å². The van der Waals surface area contributed by atoms with E-state index in [-0.39, 0.29) is 5.69 Å². The third kappa shape index (κ3) is 3.08. The number of benzene rings is 2. The molecule has 0 aliphatic rings. The van der Waals surface area contributed by atoms with Crippen molar-refractivity contribution in [3.63, 3.8) is 0 Å². The van der Waals surface area contributed by atoms with Crippen LogP contribution in [-0.4, -0.2) is 4.92 Å². The van der Waals surface area contributed by atoms with E-state index in [0.717, 1.165) is 5.56 Å². The fourth-order valence-corrected chi connectivity index (χ4v) is 1.98. The Kier molecular flexibility index (Phi) is 3.80. The van der Waals surface area contributed by atoms with Crippen molar-refractivity contribution in [1.29, 1.82) is 0 Å². The van der Waals surface area contributed by atoms with Crippen molar-refractivity contribution in [2.45, 2.75) is 6.92 Å². The molecule has 0 aromatic heterocycles. The number of anilines is 2. The lowest BCUT2D eigenvalue weighted by atomic mass is 10.2. The van der Waals surface area contributed by atoms with Crippen LogP contribution in [0.25, 0.3) is 0 Å². The van der Waals surface area contributed by atoms with E-state index in [1.807, 2.05) is 0 Å². The summed E-state index contributed by atoms with van der Waals surface area (Å²) in [6.45, 7) is 1.80. The van der Waals surface area contributed by atoms with E-state index in [0.29, 0.717) is 15.8 Å². The molecule has 0 spiro atoms. The smallest absolute Gasteiger partial charge is 0.293 e. The van der Waals surface area contributed by atoms with Crippen LogP contribution in [-0.2, 0) is 0 Å². The van der Waals surface area contributed by atoms with E-state index < -0.39 is 10.7 Å². The molecular weight excluding hydrogens is 315 g/mol. The average molecular weight is 325 g/mol. The molecule has 19 heavy (non-hydrogen) atoms. The molecule has 0 atom stereocenters. The predicted molar refractivity (Wildman–Crippen MR) is 75.2 cm³/mol. The molecule has 0 fully saturated rings. The van der Waals surface area contributed by atoms with Gasteiger partial charge in [0.15, 0.2) is 0 Å². The van der Waals surface area contributed by atoms with Gasteiger partial charge < -0.3 is 5.32 Å². The molecule has 2 rings (SSSR count). The predicted octanol–water partition coefficient (Wildman–Crippen LogP) is 4.55. The van der Waals surface area contributed by atoms with Gasteiger partial charge >= 0.3 is 0 Å². The minimum absolute atomic E-state index is 0.0713. The highest BCUT2D eigenvalue weighted by Crippen LogP contribution is 2.31. The summed E-state index contributed by atoms with van der Waals surface area (Å²) >= 11 is 3.18. The maximum absolute atomic E-state index is 13.2. The number of halogens is 2. The first-order chi connectivity index (χ1) is 8.97. The Balaban J connectivity index is 2.43. The Labute approximate surface area is 117 Å². The Bertz CT molecular complexity index is 647. The first-order valence-electron chi connectivity index (χ1n) is 5.44. The summed E-state index contributed by atoms with van der Waals surface area (Å²) in [5.74, 6) is -0.395. The monoisotopic (exact) mass is 324 g/mol. The number of nitro benzene ring substituents is 1. The SMILES string of the molecule is Cc1ccc(F)cc1Nc1ccc(Br)cc1[N+](=O)[O-]. The van der Waals surface area contributed by atoms with E-state index in [9.17, 15) is 14.5 Å². The van der Waals surface area contributed by atoms with E-state index >= 15 is 0 Å². The van der Waals surface area contributed by atoms with Crippen molar-refractivity contribution in [2.75, 3.05) is 5.32 Å². The van der Waals surface area contributed by atoms with Gasteiger partial charge in [0.2, 0.25) is 0 Å². The number of aryl methyl sites for hydroxylation is 1. The fourth-order valence-electron chi connectivity index (χ4n) is 1.64. The van der Waals surface area contributed by atoms with Crippen molar-refractivity contribution in [1.82, 2.24) is 0 Å². The molecular formula is C13H10BrFN2O2. The molecule has 2 aromatic carbocycles. The Morgan fingerprint density at radius 2 is 1.95 bits per heavy atom. The lowest BCUT2D eigenvalue weighted by molar-refractivity contribution is -0.384. The maximum Gasteiger partial charge on any atom is 0.293 e. The highest BCUT2D eigenvalue weighted by molar-refractivity contribution is 9.10. The zero-order valence-corrected chi connectivity index (χ0v) is 11.6. The first-order valence-corrected chi connectivity index (χ1v) is 6.24. The second-order valence-electron chi connectivity index (χ2n) is 4.00. The Morgan fingerprint density at radius 1 is 1.21 bits per heavy atom. The minimum atomic E-state index is -0.484. The molecule has 0 aliphatic carbocycles. The van der Waals surface area contributed by atoms with Crippen LogP contribution in [0.2, 0.25) is 0 Å². The van der Waals surface area contributed by atoms with Gasteiger partial charge in [0.1, 0.15) is 11.5 Å². The molecule has 0 amide bonds. The number of hydrogen-bond acceptors (Lipinski definition) is 3. The van der Waals surface area contributed by atoms with Crippen molar-refractivity contribution in [3.05, 3.63) is 62.4 Å². The van der Waals surface area contributed by atoms with Gasteiger partial charge in [-0.1, -0.05) is 22.0 Å². The number of nitrogens with zero attached hydrogens (tertiary/aromatic N) is 1. The van der Waals surface area contributed by atoms with Gasteiger partial charge in [-0.25, -0.2) is 4.39 Å². The zero-order valence-electron chi connectivity index (χ0n) is 9.98. The van der Waals surface area contributed by atoms with E-state index in [2.05, 4.69) is 21.2 Å². The standard InChI is InChI=1S/C13H10BrFN2O2/c1-8-2-4-10(15)7-12(8)16-11-5-3-9(14)6-13(11)17(18)19/h2-7,16H,1H3. The molecule has 0 heterocycles. The minimum Gasteiger partial charge on any atom is -0.350 e. The van der Waals surface area contributed by atoms with E-state index in [4.69, 9.17) is 0 Å². The summed E-state index contributed by atoms with van der Waals surface area (Å²) in [4.78, 5) is 10.5. The Hall–Kier alpha value is -1.95. The lowest BCUT2D eigenvalue weighted by Gasteiger charge is -2.10. The fraction of sp³-hybridized carbons (Fsp3) is 0.0769. The molecule has 6 heteroatoms. The molecule has 0 radical (unpaired) electrons. The maximum atomic E-state index is 13.2. The van der Waals surface area contributed by atoms with Gasteiger partial charge in [-0.3, -0.25) is 10.1 Å². The molecule has 0 bridgehead atoms. The van der Waals surface area contributed by atoms with Gasteiger partial charge in [-0.2, -0.15) is 0 Å². The summed E-state index contributed by atoms with van der Waals surface area (Å²) in [7, 11) is 0. The summed E-state index contributed by atoms with van der Waals surface area (Å²) < 4.78 is 13.8. The van der Waals surface area contributed by atoms with Crippen molar-refractivity contribution in [3.8, 4) is 0 Å². The normalized spacial score (nSPS) is 10.3. The number of nitrogens with one attached hydrogen (secondary N) is 1. The van der Waals surface area contributed by atoms with Crippen LogP contribution < -0.4 is 5.32 Å². The topological polar surface area (TPSA) is 55.2 Å². The van der Waals surface area contributed by atoms with Crippen molar-refractivity contribution < 1.29 is 9.31 Å². The second kappa shape index (κ2) is 5.36. The van der Waals surface area contributed by atoms with Gasteiger partial charge in [0, 0.05) is 16.2 Å². The number of hydrogen-bond donors (Lipinski definition) is 1. The summed E-state index contributed by atoms with van der Waals surface area (Å²) in [6.07, 6.45) is 0. The molecule has 1 N–H and O–H groups in total. The van der Waals surface area contributed by atoms with Crippen LogP contribution in [0.15, 0.2) is 40.9 Å². The third-order valence-electron chi connectivity index (χ3n) is 2.63. The molecule has 4 nitrogen and oxygen atoms in total. The van der Waals surface area contributed by atoms with Crippen LogP contribution in [0, 0.1) is 22.9 Å². The van der Waals surface area contributed by atoms with Crippen LogP contribution in [0.1, 0.15) is 5.56 Å². The van der Waals surface area contributed by atoms with Crippen molar-refractivity contribution in [2.24, 2.45) is 0 Å². The molecule has 98 valence electrons. The van der Waals surface area contributed by atoms with Crippen LogP contribution >= 0.6 is 15.9 Å². The first kappa shape index (κ1) is 13.5. The lowest BCUT2D eigenvalue weighted by Crippen LogP contribution is -1.98. The molecule has 0 unspecified atom stereocenters. The Morgan fingerprint density at radius 3 is 2.63 bits per heavy atom. The molecule has 0 saturated carbocycles. The van der Waals surface area contributed by atoms with Crippen LogP contribution in [0.3, 0.4) is 0 Å². The molecule has 0 aliphatic heterocycles. The largest absolute Gasteiger partial charge is 0.350 e. The highest BCUT2D eigenvalue weighted by Gasteiger charge is 2.15. The van der Waals surface area contributed by atoms with E-state index in [1.165, 1.54) is 18.2 Å². The van der Waals surface area contributed by atoms with E-state index in [1.54, 1.807) is 25.1 Å². The van der Waals surface area contributed by atoms with Gasteiger partial charge in [0.25, 0.3) is 5.69 Å². The van der Waals surface area contributed by atoms with Crippen LogP contribution in [0.4, 0.5) is 21.5 Å². The van der Waals surface area contributed by atoms with Gasteiger partial charge in [0.05, 0.1) is 4.92 Å². The molecule has 0 saturated heterocycles. The second-order valence-corrected chi connectivity index (χ2v) is 4.92. The van der Waals surface area contributed by atoms with Crippen molar-refractivity contribution >= 4 is 33.0 Å². The quantitative estimate of drug-likeness (QED) is 0.665. The molecule has 2 aromatic rings. The zero-order chi connectivity index (χ0) is 14.0. The number of rotatable bonds is 3. The summed E-state index contributed by atoms with van der Waals surface area (Å²) in [6, 6.07) is 8.92. The highest BCUT2D eigenvalue weighted by atomic mass is 79.9. The van der Waals surface area contributed by atoms with Crippen LogP contribution in [0.5, 0.6) is 0 Å².